The third-order valence-corrected chi connectivity index (χ3v) is 5.33. The van der Waals surface area contributed by atoms with Crippen molar-refractivity contribution < 1.29 is 15.0 Å². The largest absolute Gasteiger partial charge is 0.465 e. The summed E-state index contributed by atoms with van der Waals surface area (Å²) in [7, 11) is 0. The van der Waals surface area contributed by atoms with E-state index in [1.807, 2.05) is 0 Å². The van der Waals surface area contributed by atoms with E-state index in [0.717, 1.165) is 25.7 Å². The highest BCUT2D eigenvalue weighted by Crippen LogP contribution is 2.51. The molecule has 1 amide bonds. The van der Waals surface area contributed by atoms with Crippen molar-refractivity contribution in [3.63, 3.8) is 0 Å². The molecule has 2 N–H and O–H groups in total. The normalized spacial score (nSPS) is 27.2. The Morgan fingerprint density at radius 2 is 2.05 bits per heavy atom. The summed E-state index contributed by atoms with van der Waals surface area (Å²) in [4.78, 5) is 28.6. The van der Waals surface area contributed by atoms with Gasteiger partial charge >= 0.3 is 6.09 Å². The first kappa shape index (κ1) is 15.0. The third-order valence-electron chi connectivity index (χ3n) is 5.33. The van der Waals surface area contributed by atoms with Crippen molar-refractivity contribution >= 4 is 6.09 Å². The average Bonchev–Trinajstić information content (AvgIpc) is 2.95. The van der Waals surface area contributed by atoms with E-state index in [1.165, 1.54) is 28.1 Å². The summed E-state index contributed by atoms with van der Waals surface area (Å²) in [5.41, 5.74) is -1.72. The molecule has 0 radical (unpaired) electrons. The quantitative estimate of drug-likeness (QED) is 0.847. The molecule has 7 heteroatoms. The lowest BCUT2D eigenvalue weighted by Crippen LogP contribution is -2.62. The number of amides is 1. The van der Waals surface area contributed by atoms with Crippen LogP contribution in [-0.4, -0.2) is 49.4 Å². The van der Waals surface area contributed by atoms with Crippen LogP contribution in [0.4, 0.5) is 4.79 Å². The molecule has 2 aliphatic rings. The van der Waals surface area contributed by atoms with Crippen LogP contribution in [0.5, 0.6) is 0 Å². The summed E-state index contributed by atoms with van der Waals surface area (Å²) in [6.07, 6.45) is 5.83. The van der Waals surface area contributed by atoms with E-state index in [1.54, 1.807) is 0 Å². The minimum Gasteiger partial charge on any atom is -0.465 e. The molecule has 0 aromatic carbocycles. The van der Waals surface area contributed by atoms with E-state index in [-0.39, 0.29) is 12.1 Å². The van der Waals surface area contributed by atoms with Gasteiger partial charge in [0.05, 0.1) is 18.5 Å². The van der Waals surface area contributed by atoms with Gasteiger partial charge in [0.1, 0.15) is 0 Å². The number of aliphatic hydroxyl groups is 1. The number of rotatable bonds is 2. The number of carbonyl (C=O) groups is 1. The number of piperidine rings is 1. The molecule has 1 saturated carbocycles. The lowest BCUT2D eigenvalue weighted by Gasteiger charge is -2.51. The van der Waals surface area contributed by atoms with Crippen molar-refractivity contribution in [3.05, 3.63) is 28.9 Å². The van der Waals surface area contributed by atoms with Gasteiger partial charge in [-0.05, 0) is 19.3 Å². The van der Waals surface area contributed by atoms with Crippen LogP contribution >= 0.6 is 0 Å². The molecule has 1 saturated heterocycles. The Morgan fingerprint density at radius 3 is 2.68 bits per heavy atom. The molecule has 22 heavy (non-hydrogen) atoms. The van der Waals surface area contributed by atoms with E-state index < -0.39 is 17.1 Å². The molecule has 1 aliphatic carbocycles. The van der Waals surface area contributed by atoms with E-state index in [9.17, 15) is 19.8 Å². The zero-order valence-corrected chi connectivity index (χ0v) is 12.4. The molecule has 1 atom stereocenters. The molecule has 2 heterocycles. The predicted octanol–water partition coefficient (Wildman–Crippen LogP) is 0.918. The van der Waals surface area contributed by atoms with Crippen LogP contribution < -0.4 is 5.56 Å². The van der Waals surface area contributed by atoms with Gasteiger partial charge in [0, 0.05) is 30.8 Å². The molecule has 0 bridgehead atoms. The van der Waals surface area contributed by atoms with E-state index >= 15 is 0 Å². The van der Waals surface area contributed by atoms with Gasteiger partial charge in [-0.1, -0.05) is 12.8 Å². The highest BCUT2D eigenvalue weighted by molar-refractivity contribution is 5.65. The fraction of sp³-hybridized carbons (Fsp3) is 0.667. The summed E-state index contributed by atoms with van der Waals surface area (Å²) in [6, 6.07) is 1.37. The van der Waals surface area contributed by atoms with Crippen molar-refractivity contribution in [2.45, 2.75) is 44.2 Å². The van der Waals surface area contributed by atoms with Crippen molar-refractivity contribution in [3.8, 4) is 0 Å². The summed E-state index contributed by atoms with van der Waals surface area (Å²) in [5, 5.41) is 20.6. The van der Waals surface area contributed by atoms with Crippen molar-refractivity contribution in [1.82, 2.24) is 14.5 Å². The Bertz CT molecular complexity index is 623. The first-order chi connectivity index (χ1) is 10.5. The summed E-state index contributed by atoms with van der Waals surface area (Å²) < 4.78 is 1.43. The van der Waals surface area contributed by atoms with Crippen molar-refractivity contribution in [2.75, 3.05) is 13.1 Å². The van der Waals surface area contributed by atoms with Crippen molar-refractivity contribution in [2.24, 2.45) is 5.41 Å². The van der Waals surface area contributed by atoms with Gasteiger partial charge in [0.15, 0.2) is 0 Å². The Morgan fingerprint density at radius 1 is 1.32 bits per heavy atom. The SMILES string of the molecule is O=C(O)N1CCC(O)(Cn2cnccc2=O)C2(CCCC2)C1. The number of aromatic nitrogens is 2. The van der Waals surface area contributed by atoms with Crippen LogP contribution in [-0.2, 0) is 6.54 Å². The Kier molecular flexibility index (Phi) is 3.68. The Balaban J connectivity index is 1.92. The Labute approximate surface area is 128 Å². The molecule has 2 fully saturated rings. The van der Waals surface area contributed by atoms with Gasteiger partial charge in [0.25, 0.3) is 5.56 Å². The molecule has 3 rings (SSSR count). The molecule has 1 spiro atoms. The summed E-state index contributed by atoms with van der Waals surface area (Å²) >= 11 is 0. The maximum atomic E-state index is 11.9. The summed E-state index contributed by atoms with van der Waals surface area (Å²) in [6.45, 7) is 0.809. The average molecular weight is 307 g/mol. The minimum absolute atomic E-state index is 0.174. The monoisotopic (exact) mass is 307 g/mol. The zero-order chi connectivity index (χ0) is 15.8. The predicted molar refractivity (Wildman–Crippen MR) is 78.6 cm³/mol. The molecule has 1 aliphatic heterocycles. The molecule has 1 aromatic rings. The molecular formula is C15H21N3O4. The zero-order valence-electron chi connectivity index (χ0n) is 12.4. The molecule has 1 aromatic heterocycles. The molecule has 1 unspecified atom stereocenters. The maximum Gasteiger partial charge on any atom is 0.407 e. The lowest BCUT2D eigenvalue weighted by molar-refractivity contribution is -0.137. The fourth-order valence-electron chi connectivity index (χ4n) is 4.04. The van der Waals surface area contributed by atoms with Gasteiger partial charge in [-0.3, -0.25) is 9.36 Å². The van der Waals surface area contributed by atoms with Crippen LogP contribution in [0.3, 0.4) is 0 Å². The van der Waals surface area contributed by atoms with Crippen LogP contribution in [0, 0.1) is 5.41 Å². The van der Waals surface area contributed by atoms with Crippen LogP contribution in [0.15, 0.2) is 23.4 Å². The van der Waals surface area contributed by atoms with E-state index in [4.69, 9.17) is 0 Å². The van der Waals surface area contributed by atoms with Gasteiger partial charge in [-0.15, -0.1) is 0 Å². The highest BCUT2D eigenvalue weighted by Gasteiger charge is 2.55. The molecular weight excluding hydrogens is 286 g/mol. The highest BCUT2D eigenvalue weighted by atomic mass is 16.4. The van der Waals surface area contributed by atoms with E-state index in [2.05, 4.69) is 4.98 Å². The van der Waals surface area contributed by atoms with E-state index in [0.29, 0.717) is 19.5 Å². The second-order valence-corrected chi connectivity index (χ2v) is 6.52. The van der Waals surface area contributed by atoms with Gasteiger partial charge in [-0.25, -0.2) is 9.78 Å². The fourth-order valence-corrected chi connectivity index (χ4v) is 4.04. The lowest BCUT2D eigenvalue weighted by atomic mass is 9.66. The standard InChI is InChI=1S/C15H21N3O4/c19-12-3-7-16-11-18(12)10-15(22)6-8-17(13(20)21)9-14(15)4-1-2-5-14/h3,7,11,22H,1-2,4-6,8-10H2,(H,20,21). The topological polar surface area (TPSA) is 95.7 Å². The summed E-state index contributed by atoms with van der Waals surface area (Å²) in [5.74, 6) is 0. The maximum absolute atomic E-state index is 11.9. The van der Waals surface area contributed by atoms with Crippen LogP contribution in [0.25, 0.3) is 0 Å². The first-order valence-corrected chi connectivity index (χ1v) is 7.67. The number of likely N-dealkylation sites (tertiary alicyclic amines) is 1. The first-order valence-electron chi connectivity index (χ1n) is 7.67. The number of carboxylic acid groups (broad SMARTS) is 1. The molecule has 7 nitrogen and oxygen atoms in total. The second-order valence-electron chi connectivity index (χ2n) is 6.52. The van der Waals surface area contributed by atoms with Crippen LogP contribution in [0.1, 0.15) is 32.1 Å². The minimum atomic E-state index is -1.07. The number of nitrogens with zero attached hydrogens (tertiary/aromatic N) is 3. The number of hydrogen-bond acceptors (Lipinski definition) is 4. The second kappa shape index (κ2) is 5.39. The number of hydrogen-bond donors (Lipinski definition) is 2. The van der Waals surface area contributed by atoms with Gasteiger partial charge in [0.2, 0.25) is 0 Å². The van der Waals surface area contributed by atoms with Gasteiger partial charge in [-0.2, -0.15) is 0 Å². The van der Waals surface area contributed by atoms with Crippen LogP contribution in [0.2, 0.25) is 0 Å². The Hall–Kier alpha value is -1.89. The molecule has 120 valence electrons. The third kappa shape index (κ3) is 2.39. The van der Waals surface area contributed by atoms with Crippen molar-refractivity contribution in [1.29, 1.82) is 0 Å². The smallest absolute Gasteiger partial charge is 0.407 e. The van der Waals surface area contributed by atoms with Gasteiger partial charge < -0.3 is 15.1 Å².